The van der Waals surface area contributed by atoms with Crippen LogP contribution in [-0.2, 0) is 39.7 Å². The third-order valence-corrected chi connectivity index (χ3v) is 5.51. The second-order valence-corrected chi connectivity index (χ2v) is 11.9. The van der Waals surface area contributed by atoms with E-state index in [1.807, 2.05) is 0 Å². The van der Waals surface area contributed by atoms with Crippen molar-refractivity contribution >= 4 is 35.3 Å². The highest BCUT2D eigenvalue weighted by Crippen LogP contribution is 2.17. The first-order chi connectivity index (χ1) is 20.6. The Labute approximate surface area is 259 Å². The van der Waals surface area contributed by atoms with Gasteiger partial charge in [-0.15, -0.1) is 0 Å². The van der Waals surface area contributed by atoms with Gasteiger partial charge in [-0.05, 0) is 83.5 Å². The summed E-state index contributed by atoms with van der Waals surface area (Å²) in [6.45, 7) is 12.0. The third-order valence-electron chi connectivity index (χ3n) is 5.51. The van der Waals surface area contributed by atoms with Gasteiger partial charge >= 0.3 is 12.1 Å². The predicted octanol–water partition coefficient (Wildman–Crippen LogP) is 4.33. The Bertz CT molecular complexity index is 1220. The second-order valence-electron chi connectivity index (χ2n) is 11.9. The molecule has 1 atom stereocenters. The fourth-order valence-electron chi connectivity index (χ4n) is 3.60. The molecule has 0 spiro atoms. The van der Waals surface area contributed by atoms with E-state index in [-0.39, 0.29) is 25.5 Å². The molecule has 0 saturated heterocycles. The van der Waals surface area contributed by atoms with E-state index in [2.05, 4.69) is 16.0 Å². The molecular weight excluding hydrogens is 570 g/mol. The zero-order valence-corrected chi connectivity index (χ0v) is 26.6. The van der Waals surface area contributed by atoms with E-state index >= 15 is 0 Å². The summed E-state index contributed by atoms with van der Waals surface area (Å²) in [4.78, 5) is 50.3. The SMILES string of the molecule is COCCOCCOCC(=O)Nc1ccc(C[C@H](NC(=O)OC(C)(C)C)C(=O)Nc2ccc(C(=O)OC(C)(C)C)cc2)cc1. The van der Waals surface area contributed by atoms with E-state index in [4.69, 9.17) is 23.7 Å². The number of ether oxygens (including phenoxy) is 5. The Morgan fingerprint density at radius 3 is 1.84 bits per heavy atom. The van der Waals surface area contributed by atoms with Crippen LogP contribution in [0.5, 0.6) is 0 Å². The number of nitrogens with one attached hydrogen (secondary N) is 3. The Morgan fingerprint density at radius 2 is 1.25 bits per heavy atom. The van der Waals surface area contributed by atoms with E-state index in [1.54, 1.807) is 97.2 Å². The van der Waals surface area contributed by atoms with Crippen molar-refractivity contribution in [2.75, 3.05) is 50.8 Å². The van der Waals surface area contributed by atoms with Gasteiger partial charge < -0.3 is 39.6 Å². The molecule has 3 amide bonds. The number of hydrogen-bond acceptors (Lipinski definition) is 9. The van der Waals surface area contributed by atoms with Crippen LogP contribution < -0.4 is 16.0 Å². The molecular formula is C32H45N3O9. The molecule has 2 rings (SSSR count). The molecule has 0 aromatic heterocycles. The second kappa shape index (κ2) is 17.3. The van der Waals surface area contributed by atoms with Crippen molar-refractivity contribution in [1.82, 2.24) is 5.32 Å². The van der Waals surface area contributed by atoms with Crippen molar-refractivity contribution in [2.24, 2.45) is 0 Å². The summed E-state index contributed by atoms with van der Waals surface area (Å²) in [5.74, 6) is -1.28. The molecule has 12 nitrogen and oxygen atoms in total. The lowest BCUT2D eigenvalue weighted by Gasteiger charge is -2.23. The van der Waals surface area contributed by atoms with Crippen LogP contribution in [0.1, 0.15) is 57.5 Å². The van der Waals surface area contributed by atoms with Crippen LogP contribution in [-0.4, -0.2) is 81.3 Å². The largest absolute Gasteiger partial charge is 0.456 e. The summed E-state index contributed by atoms with van der Waals surface area (Å²) < 4.78 is 26.2. The molecule has 242 valence electrons. The summed E-state index contributed by atoms with van der Waals surface area (Å²) >= 11 is 0. The van der Waals surface area contributed by atoms with E-state index in [0.29, 0.717) is 36.8 Å². The van der Waals surface area contributed by atoms with Crippen LogP contribution >= 0.6 is 0 Å². The molecule has 0 saturated carbocycles. The fraction of sp³-hybridized carbons (Fsp3) is 0.500. The van der Waals surface area contributed by atoms with Gasteiger partial charge in [0, 0.05) is 24.9 Å². The van der Waals surface area contributed by atoms with Crippen molar-refractivity contribution in [3.8, 4) is 0 Å². The summed E-state index contributed by atoms with van der Waals surface area (Å²) in [6.07, 6.45) is -0.604. The number of hydrogen-bond donors (Lipinski definition) is 3. The molecule has 0 unspecified atom stereocenters. The normalized spacial score (nSPS) is 12.2. The first-order valence-corrected chi connectivity index (χ1v) is 14.3. The van der Waals surface area contributed by atoms with Crippen LogP contribution in [0, 0.1) is 0 Å². The maximum absolute atomic E-state index is 13.3. The number of carbonyl (C=O) groups excluding carboxylic acids is 4. The number of carbonyl (C=O) groups is 4. The average molecular weight is 616 g/mol. The highest BCUT2D eigenvalue weighted by atomic mass is 16.6. The minimum Gasteiger partial charge on any atom is -0.456 e. The van der Waals surface area contributed by atoms with E-state index in [9.17, 15) is 19.2 Å². The average Bonchev–Trinajstić information content (AvgIpc) is 2.91. The summed E-state index contributed by atoms with van der Waals surface area (Å²) in [7, 11) is 1.59. The molecule has 0 heterocycles. The standard InChI is InChI=1S/C32H45N3O9/c1-31(2,3)43-29(38)23-10-14-25(15-11-23)34-28(37)26(35-30(39)44-32(4,5)6)20-22-8-12-24(13-9-22)33-27(36)21-42-19-18-41-17-16-40-7/h8-15,26H,16-21H2,1-7H3,(H,33,36)(H,34,37)(H,35,39)/t26-/m0/s1. The first kappa shape index (κ1) is 36.2. The van der Waals surface area contributed by atoms with Crippen molar-refractivity contribution in [1.29, 1.82) is 0 Å². The van der Waals surface area contributed by atoms with Gasteiger partial charge in [-0.3, -0.25) is 9.59 Å². The van der Waals surface area contributed by atoms with Gasteiger partial charge in [-0.1, -0.05) is 12.1 Å². The summed E-state index contributed by atoms with van der Waals surface area (Å²) in [6, 6.07) is 12.1. The van der Waals surface area contributed by atoms with Gasteiger partial charge in [0.1, 0.15) is 23.9 Å². The first-order valence-electron chi connectivity index (χ1n) is 14.3. The van der Waals surface area contributed by atoms with E-state index in [0.717, 1.165) is 5.56 Å². The van der Waals surface area contributed by atoms with Crippen LogP contribution in [0.4, 0.5) is 16.2 Å². The molecule has 0 bridgehead atoms. The molecule has 2 aromatic carbocycles. The van der Waals surface area contributed by atoms with Crippen molar-refractivity contribution in [3.63, 3.8) is 0 Å². The minimum absolute atomic E-state index is 0.129. The number of alkyl carbamates (subject to hydrolysis) is 1. The predicted molar refractivity (Wildman–Crippen MR) is 166 cm³/mol. The van der Waals surface area contributed by atoms with Crippen molar-refractivity contribution in [2.45, 2.75) is 65.2 Å². The molecule has 3 N–H and O–H groups in total. The number of rotatable bonds is 15. The minimum atomic E-state index is -0.990. The molecule has 0 fully saturated rings. The number of amides is 3. The Kier molecular flexibility index (Phi) is 14.3. The number of anilines is 2. The molecule has 2 aromatic rings. The Balaban J connectivity index is 2.01. The zero-order chi connectivity index (χ0) is 32.8. The lowest BCUT2D eigenvalue weighted by molar-refractivity contribution is -0.121. The zero-order valence-electron chi connectivity index (χ0n) is 26.6. The van der Waals surface area contributed by atoms with Gasteiger partial charge in [0.2, 0.25) is 11.8 Å². The molecule has 44 heavy (non-hydrogen) atoms. The van der Waals surface area contributed by atoms with E-state index in [1.165, 1.54) is 0 Å². The van der Waals surface area contributed by atoms with Crippen molar-refractivity contribution in [3.05, 3.63) is 59.7 Å². The Hall–Kier alpha value is -4.00. The summed E-state index contributed by atoms with van der Waals surface area (Å²) in [5.41, 5.74) is 0.646. The molecule has 0 aliphatic carbocycles. The number of esters is 1. The van der Waals surface area contributed by atoms with Crippen LogP contribution in [0.15, 0.2) is 48.5 Å². The van der Waals surface area contributed by atoms with Gasteiger partial charge in [-0.2, -0.15) is 0 Å². The van der Waals surface area contributed by atoms with Crippen molar-refractivity contribution < 1.29 is 42.9 Å². The van der Waals surface area contributed by atoms with Gasteiger partial charge in [-0.25, -0.2) is 9.59 Å². The molecule has 12 heteroatoms. The highest BCUT2D eigenvalue weighted by Gasteiger charge is 2.25. The molecule has 0 aliphatic rings. The quantitative estimate of drug-likeness (QED) is 0.196. The maximum atomic E-state index is 13.3. The lowest BCUT2D eigenvalue weighted by atomic mass is 10.0. The topological polar surface area (TPSA) is 151 Å². The monoisotopic (exact) mass is 615 g/mol. The highest BCUT2D eigenvalue weighted by molar-refractivity contribution is 5.97. The number of benzene rings is 2. The number of methoxy groups -OCH3 is 1. The third kappa shape index (κ3) is 14.9. The Morgan fingerprint density at radius 1 is 0.705 bits per heavy atom. The molecule has 0 radical (unpaired) electrons. The maximum Gasteiger partial charge on any atom is 0.408 e. The smallest absolute Gasteiger partial charge is 0.408 e. The van der Waals surface area contributed by atoms with Gasteiger partial charge in [0.15, 0.2) is 0 Å². The fourth-order valence-corrected chi connectivity index (χ4v) is 3.60. The van der Waals surface area contributed by atoms with Crippen LogP contribution in [0.3, 0.4) is 0 Å². The van der Waals surface area contributed by atoms with Gasteiger partial charge in [0.05, 0.1) is 32.0 Å². The summed E-state index contributed by atoms with van der Waals surface area (Å²) in [5, 5.41) is 8.16. The van der Waals surface area contributed by atoms with Gasteiger partial charge in [0.25, 0.3) is 0 Å². The van der Waals surface area contributed by atoms with Crippen LogP contribution in [0.25, 0.3) is 0 Å². The lowest BCUT2D eigenvalue weighted by Crippen LogP contribution is -2.47. The van der Waals surface area contributed by atoms with Crippen LogP contribution in [0.2, 0.25) is 0 Å². The van der Waals surface area contributed by atoms with E-state index < -0.39 is 35.2 Å². The molecule has 0 aliphatic heterocycles.